The second kappa shape index (κ2) is 11.2. The number of nitriles is 1. The molecule has 4 rings (SSSR count). The fraction of sp³-hybridized carbons (Fsp3) is 0.417. The third-order valence-electron chi connectivity index (χ3n) is 6.40. The summed E-state index contributed by atoms with van der Waals surface area (Å²) in [6.07, 6.45) is -8.17. The molecule has 2 aromatic heterocycles. The molecule has 0 bridgehead atoms. The summed E-state index contributed by atoms with van der Waals surface area (Å²) in [6.45, 7) is 2.50. The lowest BCUT2D eigenvalue weighted by atomic mass is 10.0. The van der Waals surface area contributed by atoms with E-state index in [-0.39, 0.29) is 19.0 Å². The molecule has 0 spiro atoms. The monoisotopic (exact) mass is 582 g/mol. The van der Waals surface area contributed by atoms with Gasteiger partial charge >= 0.3 is 18.1 Å². The minimum absolute atomic E-state index is 0.0348. The molecule has 1 aliphatic heterocycles. The average molecular weight is 582 g/mol. The molecule has 0 aliphatic carbocycles. The molecule has 41 heavy (non-hydrogen) atoms. The number of halogens is 3. The zero-order valence-corrected chi connectivity index (χ0v) is 21.7. The molecule has 3 heterocycles. The second-order valence-electron chi connectivity index (χ2n) is 9.43. The first-order valence-corrected chi connectivity index (χ1v) is 11.8. The molecule has 4 atom stereocenters. The summed E-state index contributed by atoms with van der Waals surface area (Å²) in [5.74, 6) is -4.37. The fourth-order valence-electron chi connectivity index (χ4n) is 4.25. The van der Waals surface area contributed by atoms with Crippen molar-refractivity contribution in [1.29, 1.82) is 5.26 Å². The van der Waals surface area contributed by atoms with Crippen molar-refractivity contribution in [3.8, 4) is 6.07 Å². The van der Waals surface area contributed by atoms with Gasteiger partial charge in [0.25, 0.3) is 5.91 Å². The van der Waals surface area contributed by atoms with Crippen LogP contribution >= 0.6 is 0 Å². The fourth-order valence-corrected chi connectivity index (χ4v) is 4.25. The van der Waals surface area contributed by atoms with Crippen molar-refractivity contribution in [1.82, 2.24) is 24.2 Å². The van der Waals surface area contributed by atoms with Crippen LogP contribution in [0.3, 0.4) is 0 Å². The average Bonchev–Trinajstić information content (AvgIpc) is 3.47. The Morgan fingerprint density at radius 3 is 2.24 bits per heavy atom. The normalized spacial score (nSPS) is 17.9. The molecule has 5 N–H and O–H groups in total. The van der Waals surface area contributed by atoms with E-state index in [2.05, 4.69) is 10.1 Å². The lowest BCUT2D eigenvalue weighted by Crippen LogP contribution is -2.46. The maximum absolute atomic E-state index is 13.3. The van der Waals surface area contributed by atoms with Crippen molar-refractivity contribution in [3.63, 3.8) is 0 Å². The molecule has 3 aromatic rings. The Labute approximate surface area is 229 Å². The second-order valence-corrected chi connectivity index (χ2v) is 9.43. The van der Waals surface area contributed by atoms with Gasteiger partial charge in [-0.2, -0.15) is 23.5 Å². The molecular formula is C24H25F3N6O8. The van der Waals surface area contributed by atoms with E-state index in [1.54, 1.807) is 32.2 Å². The quantitative estimate of drug-likeness (QED) is 0.279. The molecule has 0 saturated heterocycles. The number of nitrogens with zero attached hydrogens (tertiary/aromatic N) is 6. The third kappa shape index (κ3) is 5.84. The number of alkyl halides is 3. The van der Waals surface area contributed by atoms with Crippen molar-refractivity contribution in [3.05, 3.63) is 47.2 Å². The highest BCUT2D eigenvalue weighted by molar-refractivity contribution is 6.05. The predicted octanol–water partition coefficient (Wildman–Crippen LogP) is 0.506. The van der Waals surface area contributed by atoms with Crippen molar-refractivity contribution >= 4 is 28.7 Å². The number of hydrogen-bond donors (Lipinski definition) is 5. The molecule has 220 valence electrons. The number of carboxylic acids is 2. The van der Waals surface area contributed by atoms with Gasteiger partial charge in [-0.25, -0.2) is 14.6 Å². The number of carbonyl (C=O) groups is 3. The lowest BCUT2D eigenvalue weighted by molar-refractivity contribution is -0.263. The number of amides is 1. The molecule has 0 radical (unpaired) electrons. The minimum atomic E-state index is -4.89. The summed E-state index contributed by atoms with van der Waals surface area (Å²) in [6, 6.07) is 6.33. The van der Waals surface area contributed by atoms with Crippen LogP contribution in [0.15, 0.2) is 24.4 Å². The van der Waals surface area contributed by atoms with E-state index in [0.717, 1.165) is 0 Å². The van der Waals surface area contributed by atoms with Gasteiger partial charge < -0.3 is 35.0 Å². The van der Waals surface area contributed by atoms with Crippen LogP contribution in [0.5, 0.6) is 0 Å². The first-order chi connectivity index (χ1) is 18.9. The molecule has 1 aliphatic rings. The first-order valence-electron chi connectivity index (χ1n) is 11.8. The summed E-state index contributed by atoms with van der Waals surface area (Å²) in [4.78, 5) is 38.2. The number of imidazole rings is 1. The van der Waals surface area contributed by atoms with Crippen LogP contribution in [0.25, 0.3) is 10.9 Å². The van der Waals surface area contributed by atoms with Gasteiger partial charge in [0.1, 0.15) is 5.69 Å². The van der Waals surface area contributed by atoms with Crippen LogP contribution in [0.4, 0.5) is 13.2 Å². The third-order valence-corrected chi connectivity index (χ3v) is 6.40. The zero-order chi connectivity index (χ0) is 31.0. The number of aliphatic hydroxyl groups excluding tert-OH is 2. The van der Waals surface area contributed by atoms with Crippen molar-refractivity contribution in [2.75, 3.05) is 6.54 Å². The molecule has 1 aromatic carbocycles. The van der Waals surface area contributed by atoms with Crippen LogP contribution in [0.2, 0.25) is 0 Å². The van der Waals surface area contributed by atoms with Crippen molar-refractivity contribution in [2.24, 2.45) is 7.05 Å². The number of hydrogen-bond acceptors (Lipinski definition) is 9. The van der Waals surface area contributed by atoms with Gasteiger partial charge in [0.05, 0.1) is 41.6 Å². The highest BCUT2D eigenvalue weighted by atomic mass is 19.4. The lowest BCUT2D eigenvalue weighted by Gasteiger charge is -2.36. The van der Waals surface area contributed by atoms with Gasteiger partial charge in [-0.05, 0) is 32.0 Å². The standard InChI is InChI=1S/C20H19F3N6O2.C4H6O6/c1-11-9-28(10-13-8-25-18(29(11)13)19(2,31)20(21,22)23)17(30)16-14-5-4-12(7-24)6-15(14)26-27(16)3;5-1(3(7)8)2(6)4(9)10/h4-6,8,11,31H,9-10H2,1-3H3;1-2,5-6H,(H,7,8)(H,9,10). The van der Waals surface area contributed by atoms with Crippen molar-refractivity contribution in [2.45, 2.75) is 50.4 Å². The number of fused-ring (bicyclic) bond motifs is 2. The smallest absolute Gasteiger partial charge is 0.424 e. The summed E-state index contributed by atoms with van der Waals surface area (Å²) >= 11 is 0. The number of aliphatic carboxylic acids is 2. The van der Waals surface area contributed by atoms with Gasteiger partial charge in [0.15, 0.2) is 18.0 Å². The number of benzene rings is 1. The van der Waals surface area contributed by atoms with Gasteiger partial charge in [-0.15, -0.1) is 0 Å². The molecule has 1 amide bonds. The summed E-state index contributed by atoms with van der Waals surface area (Å²) in [5, 5.41) is 56.6. The largest absolute Gasteiger partial charge is 0.479 e. The van der Waals surface area contributed by atoms with E-state index in [1.807, 2.05) is 6.07 Å². The summed E-state index contributed by atoms with van der Waals surface area (Å²) in [5.41, 5.74) is -1.47. The Balaban J connectivity index is 0.000000397. The number of aromatic nitrogens is 4. The highest BCUT2D eigenvalue weighted by Gasteiger charge is 2.55. The van der Waals surface area contributed by atoms with E-state index in [9.17, 15) is 32.7 Å². The summed E-state index contributed by atoms with van der Waals surface area (Å²) in [7, 11) is 1.62. The van der Waals surface area contributed by atoms with E-state index < -0.39 is 47.8 Å². The van der Waals surface area contributed by atoms with Gasteiger partial charge in [0, 0.05) is 19.0 Å². The molecule has 17 heteroatoms. The van der Waals surface area contributed by atoms with Crippen LogP contribution < -0.4 is 0 Å². The highest BCUT2D eigenvalue weighted by Crippen LogP contribution is 2.40. The molecule has 0 fully saturated rings. The van der Waals surface area contributed by atoms with Crippen molar-refractivity contribution < 1.29 is 53.1 Å². The SMILES string of the molecule is CC1CN(C(=O)c2c3ccc(C#N)cc3nn2C)Cc2cnc(C(C)(O)C(F)(F)F)n21.O=C(O)C(O)C(O)C(=O)O. The number of rotatable bonds is 5. The Hall–Kier alpha value is -4.53. The maximum Gasteiger partial charge on any atom is 0.424 e. The Kier molecular flexibility index (Phi) is 8.43. The van der Waals surface area contributed by atoms with Crippen LogP contribution in [0, 0.1) is 11.3 Å². The first kappa shape index (κ1) is 31.0. The number of carboxylic acid groups (broad SMARTS) is 2. The van der Waals surface area contributed by atoms with E-state index >= 15 is 0 Å². The zero-order valence-electron chi connectivity index (χ0n) is 21.7. The molecular weight excluding hydrogens is 557 g/mol. The number of aryl methyl sites for hydroxylation is 1. The van der Waals surface area contributed by atoms with Crippen LogP contribution in [0.1, 0.15) is 47.5 Å². The van der Waals surface area contributed by atoms with Gasteiger partial charge in [-0.1, -0.05) is 0 Å². The number of aliphatic hydroxyl groups is 3. The Bertz CT molecular complexity index is 1520. The molecule has 14 nitrogen and oxygen atoms in total. The summed E-state index contributed by atoms with van der Waals surface area (Å²) < 4.78 is 42.8. The van der Waals surface area contributed by atoms with E-state index in [1.165, 1.54) is 20.3 Å². The molecule has 0 saturated carbocycles. The van der Waals surface area contributed by atoms with E-state index in [4.69, 9.17) is 25.7 Å². The molecule has 4 unspecified atom stereocenters. The minimum Gasteiger partial charge on any atom is -0.479 e. The van der Waals surface area contributed by atoms with Crippen LogP contribution in [-0.2, 0) is 28.8 Å². The van der Waals surface area contributed by atoms with Gasteiger partial charge in [-0.3, -0.25) is 9.48 Å². The van der Waals surface area contributed by atoms with Gasteiger partial charge in [0.2, 0.25) is 5.60 Å². The number of carbonyl (C=O) groups excluding carboxylic acids is 1. The van der Waals surface area contributed by atoms with E-state index in [0.29, 0.717) is 34.8 Å². The van der Waals surface area contributed by atoms with Crippen LogP contribution in [-0.4, -0.2) is 92.5 Å². The predicted molar refractivity (Wildman–Crippen MR) is 130 cm³/mol. The Morgan fingerprint density at radius 1 is 1.15 bits per heavy atom. The Morgan fingerprint density at radius 2 is 1.73 bits per heavy atom. The maximum atomic E-state index is 13.3. The topological polar surface area (TPSA) is 215 Å².